The largest absolute Gasteiger partial charge is 0.346 e. The number of aromatic amines is 1. The minimum Gasteiger partial charge on any atom is -0.346 e. The average Bonchev–Trinajstić information content (AvgIpc) is 3.42. The summed E-state index contributed by atoms with van der Waals surface area (Å²) in [7, 11) is 0. The SMILES string of the molecule is c1nc(-c2cnn(C3CC[C](n4cncn4)CC3)c2)c2cc[nH]c2n1. The molecule has 25 heavy (non-hydrogen) atoms. The highest BCUT2D eigenvalue weighted by Crippen LogP contribution is 2.34. The number of nitrogens with one attached hydrogen (secondary N) is 1. The van der Waals surface area contributed by atoms with Crippen molar-refractivity contribution in [3.05, 3.63) is 49.7 Å². The molecule has 1 aliphatic carbocycles. The number of aromatic nitrogens is 8. The number of hydrogen-bond donors (Lipinski definition) is 1. The van der Waals surface area contributed by atoms with E-state index in [1.165, 1.54) is 6.04 Å². The fourth-order valence-electron chi connectivity index (χ4n) is 3.56. The molecular formula is C17H17N8. The Labute approximate surface area is 143 Å². The van der Waals surface area contributed by atoms with Crippen molar-refractivity contribution in [2.45, 2.75) is 31.7 Å². The third-order valence-electron chi connectivity index (χ3n) is 4.88. The van der Waals surface area contributed by atoms with Crippen LogP contribution in [-0.4, -0.2) is 39.5 Å². The number of hydrogen-bond acceptors (Lipinski definition) is 5. The van der Waals surface area contributed by atoms with Gasteiger partial charge in [0.25, 0.3) is 0 Å². The normalized spacial score (nSPS) is 16.6. The van der Waals surface area contributed by atoms with Crippen LogP contribution >= 0.6 is 0 Å². The topological polar surface area (TPSA) is 90.1 Å². The van der Waals surface area contributed by atoms with Gasteiger partial charge in [-0.05, 0) is 31.7 Å². The van der Waals surface area contributed by atoms with Gasteiger partial charge >= 0.3 is 0 Å². The molecule has 1 radical (unpaired) electrons. The van der Waals surface area contributed by atoms with Crippen LogP contribution in [0.5, 0.6) is 0 Å². The first-order valence-electron chi connectivity index (χ1n) is 8.41. The molecular weight excluding hydrogens is 316 g/mol. The Morgan fingerprint density at radius 1 is 1.08 bits per heavy atom. The van der Waals surface area contributed by atoms with E-state index in [9.17, 15) is 0 Å². The summed E-state index contributed by atoms with van der Waals surface area (Å²) in [6.45, 7) is 0. The van der Waals surface area contributed by atoms with Gasteiger partial charge in [0, 0.05) is 23.3 Å². The van der Waals surface area contributed by atoms with E-state index in [2.05, 4.69) is 41.0 Å². The molecule has 0 aromatic carbocycles. The second-order valence-electron chi connectivity index (χ2n) is 6.31. The minimum absolute atomic E-state index is 0.407. The Hall–Kier alpha value is -3.03. The predicted octanol–water partition coefficient (Wildman–Crippen LogP) is 2.61. The Balaban J connectivity index is 1.36. The summed E-state index contributed by atoms with van der Waals surface area (Å²) in [5.41, 5.74) is 2.80. The molecule has 1 saturated carbocycles. The highest BCUT2D eigenvalue weighted by Gasteiger charge is 2.25. The molecule has 8 heteroatoms. The Morgan fingerprint density at radius 3 is 2.84 bits per heavy atom. The lowest BCUT2D eigenvalue weighted by molar-refractivity contribution is 0.325. The zero-order valence-electron chi connectivity index (χ0n) is 13.6. The van der Waals surface area contributed by atoms with E-state index in [0.717, 1.165) is 48.0 Å². The van der Waals surface area contributed by atoms with E-state index in [0.29, 0.717) is 6.04 Å². The van der Waals surface area contributed by atoms with Gasteiger partial charge in [-0.15, -0.1) is 0 Å². The van der Waals surface area contributed by atoms with Crippen molar-refractivity contribution in [1.82, 2.24) is 39.5 Å². The zero-order chi connectivity index (χ0) is 16.6. The van der Waals surface area contributed by atoms with E-state index in [1.54, 1.807) is 19.0 Å². The molecule has 125 valence electrons. The molecule has 1 N–H and O–H groups in total. The molecule has 0 amide bonds. The summed E-state index contributed by atoms with van der Waals surface area (Å²) < 4.78 is 3.97. The van der Waals surface area contributed by atoms with E-state index >= 15 is 0 Å². The maximum atomic E-state index is 4.60. The van der Waals surface area contributed by atoms with Crippen molar-refractivity contribution < 1.29 is 0 Å². The van der Waals surface area contributed by atoms with Crippen LogP contribution in [0.25, 0.3) is 22.3 Å². The molecule has 0 saturated heterocycles. The molecule has 0 aliphatic heterocycles. The van der Waals surface area contributed by atoms with Crippen LogP contribution in [0.4, 0.5) is 0 Å². The summed E-state index contributed by atoms with van der Waals surface area (Å²) in [6, 6.07) is 3.73. The second-order valence-corrected chi connectivity index (χ2v) is 6.31. The molecule has 4 heterocycles. The van der Waals surface area contributed by atoms with Gasteiger partial charge in [-0.25, -0.2) is 19.6 Å². The Kier molecular flexibility index (Phi) is 3.32. The molecule has 5 rings (SSSR count). The van der Waals surface area contributed by atoms with Crippen molar-refractivity contribution >= 4 is 11.0 Å². The fraction of sp³-hybridized carbons (Fsp3) is 0.294. The molecule has 0 unspecified atom stereocenters. The first kappa shape index (κ1) is 14.3. The molecule has 0 bridgehead atoms. The van der Waals surface area contributed by atoms with Crippen LogP contribution in [0.3, 0.4) is 0 Å². The van der Waals surface area contributed by atoms with Crippen LogP contribution in [0.2, 0.25) is 0 Å². The van der Waals surface area contributed by atoms with E-state index in [4.69, 9.17) is 0 Å². The van der Waals surface area contributed by atoms with Crippen molar-refractivity contribution in [3.63, 3.8) is 0 Å². The van der Waals surface area contributed by atoms with Gasteiger partial charge < -0.3 is 4.98 Å². The highest BCUT2D eigenvalue weighted by molar-refractivity contribution is 5.89. The lowest BCUT2D eigenvalue weighted by atomic mass is 9.91. The third kappa shape index (κ3) is 2.50. The van der Waals surface area contributed by atoms with Gasteiger partial charge in [-0.1, -0.05) is 0 Å². The minimum atomic E-state index is 0.407. The Bertz CT molecular complexity index is 975. The van der Waals surface area contributed by atoms with Gasteiger partial charge in [-0.2, -0.15) is 10.2 Å². The molecule has 1 aliphatic rings. The lowest BCUT2D eigenvalue weighted by Gasteiger charge is -2.27. The first-order valence-corrected chi connectivity index (χ1v) is 8.41. The molecule has 4 aromatic rings. The quantitative estimate of drug-likeness (QED) is 0.622. The molecule has 8 nitrogen and oxygen atoms in total. The number of rotatable bonds is 3. The highest BCUT2D eigenvalue weighted by atomic mass is 15.3. The maximum Gasteiger partial charge on any atom is 0.141 e. The standard InChI is InChI=1S/C17H17N8/c1-3-14(25-11-18-9-23-25)4-2-13(1)24-8-12(7-22-24)16-15-5-6-19-17(15)21-10-20-16/h5-11,13H,1-4H2,(H,19,20,21). The van der Waals surface area contributed by atoms with E-state index in [1.807, 2.05) is 23.1 Å². The lowest BCUT2D eigenvalue weighted by Crippen LogP contribution is -2.21. The predicted molar refractivity (Wildman–Crippen MR) is 91.3 cm³/mol. The van der Waals surface area contributed by atoms with Crippen LogP contribution < -0.4 is 0 Å². The van der Waals surface area contributed by atoms with Crippen LogP contribution in [0.1, 0.15) is 31.7 Å². The number of nitrogens with zero attached hydrogens (tertiary/aromatic N) is 7. The molecule has 0 spiro atoms. The molecule has 4 aromatic heterocycles. The van der Waals surface area contributed by atoms with Gasteiger partial charge in [-0.3, -0.25) is 4.68 Å². The third-order valence-corrected chi connectivity index (χ3v) is 4.88. The van der Waals surface area contributed by atoms with Gasteiger partial charge in [0.05, 0.1) is 24.0 Å². The molecule has 0 atom stereocenters. The maximum absolute atomic E-state index is 4.60. The smallest absolute Gasteiger partial charge is 0.141 e. The first-order chi connectivity index (χ1) is 12.4. The summed E-state index contributed by atoms with van der Waals surface area (Å²) in [5.74, 6) is 0. The number of fused-ring (bicyclic) bond motifs is 1. The summed E-state index contributed by atoms with van der Waals surface area (Å²) in [4.78, 5) is 15.8. The van der Waals surface area contributed by atoms with Gasteiger partial charge in [0.2, 0.25) is 0 Å². The van der Waals surface area contributed by atoms with Crippen LogP contribution in [-0.2, 0) is 0 Å². The van der Waals surface area contributed by atoms with E-state index < -0.39 is 0 Å². The fourth-order valence-corrected chi connectivity index (χ4v) is 3.56. The monoisotopic (exact) mass is 333 g/mol. The summed E-state index contributed by atoms with van der Waals surface area (Å²) >= 11 is 0. The zero-order valence-corrected chi connectivity index (χ0v) is 13.6. The van der Waals surface area contributed by atoms with Gasteiger partial charge in [0.15, 0.2) is 0 Å². The summed E-state index contributed by atoms with van der Waals surface area (Å²) in [5, 5.41) is 9.85. The van der Waals surface area contributed by atoms with Crippen molar-refractivity contribution in [2.24, 2.45) is 0 Å². The van der Waals surface area contributed by atoms with E-state index in [-0.39, 0.29) is 0 Å². The number of H-pyrrole nitrogens is 1. The van der Waals surface area contributed by atoms with Crippen LogP contribution in [0.15, 0.2) is 43.6 Å². The van der Waals surface area contributed by atoms with Crippen LogP contribution in [0, 0.1) is 6.04 Å². The van der Waals surface area contributed by atoms with Crippen molar-refractivity contribution in [2.75, 3.05) is 0 Å². The average molecular weight is 333 g/mol. The van der Waals surface area contributed by atoms with Crippen molar-refractivity contribution in [1.29, 1.82) is 0 Å². The second kappa shape index (κ2) is 5.80. The summed E-state index contributed by atoms with van der Waals surface area (Å²) in [6.07, 6.45) is 15.0. The van der Waals surface area contributed by atoms with Gasteiger partial charge in [0.1, 0.15) is 24.6 Å². The van der Waals surface area contributed by atoms with Crippen molar-refractivity contribution in [3.8, 4) is 11.3 Å². The Morgan fingerprint density at radius 2 is 2.00 bits per heavy atom. The molecule has 1 fully saturated rings.